The molecule has 0 atom stereocenters. The van der Waals surface area contributed by atoms with Crippen molar-refractivity contribution < 1.29 is 14.0 Å². The molecule has 0 spiro atoms. The molecule has 5 rings (SSSR count). The minimum Gasteiger partial charge on any atom is -0.497 e. The Morgan fingerprint density at radius 3 is 2.30 bits per heavy atom. The molecule has 0 saturated heterocycles. The molecule has 164 valence electrons. The fourth-order valence-electron chi connectivity index (χ4n) is 3.82. The highest BCUT2D eigenvalue weighted by atomic mass is 16.5. The van der Waals surface area contributed by atoms with Crippen molar-refractivity contribution in [1.82, 2.24) is 14.7 Å². The van der Waals surface area contributed by atoms with Crippen LogP contribution in [0.3, 0.4) is 0 Å². The molecule has 2 aromatic heterocycles. The quantitative estimate of drug-likeness (QED) is 0.382. The van der Waals surface area contributed by atoms with Crippen LogP contribution in [0.5, 0.6) is 11.5 Å². The Bertz CT molecular complexity index is 1510. The van der Waals surface area contributed by atoms with Gasteiger partial charge in [0.1, 0.15) is 11.5 Å². The van der Waals surface area contributed by atoms with Gasteiger partial charge in [0.15, 0.2) is 0 Å². The van der Waals surface area contributed by atoms with Crippen molar-refractivity contribution in [2.45, 2.75) is 6.92 Å². The Morgan fingerprint density at radius 2 is 1.61 bits per heavy atom. The molecule has 0 radical (unpaired) electrons. The fraction of sp³-hybridized carbons (Fsp3) is 0.115. The first-order valence-corrected chi connectivity index (χ1v) is 10.4. The van der Waals surface area contributed by atoms with Crippen LogP contribution in [0, 0.1) is 6.92 Å². The highest BCUT2D eigenvalue weighted by molar-refractivity contribution is 5.94. The number of ether oxygens (including phenoxy) is 2. The lowest BCUT2D eigenvalue weighted by Gasteiger charge is -2.11. The highest BCUT2D eigenvalue weighted by Crippen LogP contribution is 2.31. The lowest BCUT2D eigenvalue weighted by atomic mass is 10.1. The van der Waals surface area contributed by atoms with Crippen LogP contribution < -0.4 is 15.0 Å². The van der Waals surface area contributed by atoms with Crippen LogP contribution in [0.4, 0.5) is 0 Å². The van der Waals surface area contributed by atoms with Gasteiger partial charge in [-0.2, -0.15) is 4.98 Å². The van der Waals surface area contributed by atoms with Gasteiger partial charge in [-0.1, -0.05) is 35.5 Å². The second-order valence-electron chi connectivity index (χ2n) is 7.63. The van der Waals surface area contributed by atoms with Crippen molar-refractivity contribution >= 4 is 10.8 Å². The lowest BCUT2D eigenvalue weighted by Crippen LogP contribution is -2.18. The zero-order chi connectivity index (χ0) is 22.9. The summed E-state index contributed by atoms with van der Waals surface area (Å²) in [5.74, 6) is 1.94. The van der Waals surface area contributed by atoms with E-state index in [-0.39, 0.29) is 5.56 Å². The van der Waals surface area contributed by atoms with Crippen LogP contribution in [-0.4, -0.2) is 28.9 Å². The maximum Gasteiger partial charge on any atom is 0.262 e. The summed E-state index contributed by atoms with van der Waals surface area (Å²) in [7, 11) is 3.17. The van der Waals surface area contributed by atoms with Gasteiger partial charge in [0, 0.05) is 34.3 Å². The first-order chi connectivity index (χ1) is 16.1. The van der Waals surface area contributed by atoms with Crippen molar-refractivity contribution in [2.24, 2.45) is 0 Å². The maximum absolute atomic E-state index is 13.3. The molecule has 0 N–H and O–H groups in total. The molecule has 0 unspecified atom stereocenters. The summed E-state index contributed by atoms with van der Waals surface area (Å²) in [4.78, 5) is 17.9. The Balaban J connectivity index is 1.70. The molecule has 5 aromatic rings. The monoisotopic (exact) mass is 439 g/mol. The van der Waals surface area contributed by atoms with E-state index in [4.69, 9.17) is 14.0 Å². The van der Waals surface area contributed by atoms with E-state index in [1.807, 2.05) is 61.5 Å². The second kappa shape index (κ2) is 8.27. The average Bonchev–Trinajstić information content (AvgIpc) is 3.34. The van der Waals surface area contributed by atoms with Crippen LogP contribution >= 0.6 is 0 Å². The van der Waals surface area contributed by atoms with E-state index in [0.717, 1.165) is 16.6 Å². The number of aromatic nitrogens is 3. The van der Waals surface area contributed by atoms with Crippen molar-refractivity contribution in [3.05, 3.63) is 88.8 Å². The molecular formula is C26H21N3O4. The molecule has 0 aliphatic heterocycles. The predicted molar refractivity (Wildman–Crippen MR) is 126 cm³/mol. The number of hydrogen-bond donors (Lipinski definition) is 0. The topological polar surface area (TPSA) is 79.4 Å². The van der Waals surface area contributed by atoms with E-state index in [0.29, 0.717) is 39.7 Å². The van der Waals surface area contributed by atoms with Crippen LogP contribution in [0.2, 0.25) is 0 Å². The third-order valence-corrected chi connectivity index (χ3v) is 5.47. The molecule has 7 heteroatoms. The van der Waals surface area contributed by atoms with Crippen LogP contribution in [0.1, 0.15) is 5.56 Å². The molecule has 0 aliphatic carbocycles. The zero-order valence-corrected chi connectivity index (χ0v) is 18.4. The predicted octanol–water partition coefficient (Wildman–Crippen LogP) is 5.03. The standard InChI is InChI=1S/C26H21N3O4/c1-16-7-6-8-18(11-16)29-15-23(21-9-4-5-10-22(21)26(29)30)25-27-24(28-33-25)17-12-19(31-2)14-20(13-17)32-3/h4-15H,1-3H3. The maximum atomic E-state index is 13.3. The molecule has 0 saturated carbocycles. The number of benzene rings is 3. The third-order valence-electron chi connectivity index (χ3n) is 5.47. The van der Waals surface area contributed by atoms with E-state index in [9.17, 15) is 4.79 Å². The van der Waals surface area contributed by atoms with Crippen molar-refractivity contribution in [2.75, 3.05) is 14.2 Å². The van der Waals surface area contributed by atoms with Crippen LogP contribution in [0.15, 0.2) is 82.2 Å². The van der Waals surface area contributed by atoms with Gasteiger partial charge in [-0.25, -0.2) is 0 Å². The Kier molecular flexibility index (Phi) is 5.14. The van der Waals surface area contributed by atoms with Crippen molar-refractivity contribution in [3.63, 3.8) is 0 Å². The largest absolute Gasteiger partial charge is 0.497 e. The zero-order valence-electron chi connectivity index (χ0n) is 18.4. The van der Waals surface area contributed by atoms with Crippen molar-refractivity contribution in [3.8, 4) is 40.0 Å². The number of nitrogens with zero attached hydrogens (tertiary/aromatic N) is 3. The Hall–Kier alpha value is -4.39. The number of aryl methyl sites for hydroxylation is 1. The van der Waals surface area contributed by atoms with Gasteiger partial charge >= 0.3 is 0 Å². The van der Waals surface area contributed by atoms with Gasteiger partial charge in [0.25, 0.3) is 11.4 Å². The summed E-state index contributed by atoms with van der Waals surface area (Å²) in [6.07, 6.45) is 1.75. The van der Waals surface area contributed by atoms with Gasteiger partial charge in [-0.05, 0) is 42.8 Å². The van der Waals surface area contributed by atoms with Gasteiger partial charge in [-0.15, -0.1) is 0 Å². The molecular weight excluding hydrogens is 418 g/mol. The third kappa shape index (κ3) is 3.74. The summed E-state index contributed by atoms with van der Waals surface area (Å²) < 4.78 is 18.0. The minimum absolute atomic E-state index is 0.114. The van der Waals surface area contributed by atoms with Crippen molar-refractivity contribution in [1.29, 1.82) is 0 Å². The van der Waals surface area contributed by atoms with E-state index in [1.54, 1.807) is 37.1 Å². The Morgan fingerprint density at radius 1 is 0.879 bits per heavy atom. The summed E-state index contributed by atoms with van der Waals surface area (Å²) >= 11 is 0. The summed E-state index contributed by atoms with van der Waals surface area (Å²) in [5, 5.41) is 5.48. The first kappa shape index (κ1) is 20.5. The number of methoxy groups -OCH3 is 2. The molecule has 0 aliphatic rings. The van der Waals surface area contributed by atoms with E-state index in [2.05, 4.69) is 10.1 Å². The number of rotatable bonds is 5. The minimum atomic E-state index is -0.114. The van der Waals surface area contributed by atoms with E-state index >= 15 is 0 Å². The highest BCUT2D eigenvalue weighted by Gasteiger charge is 2.18. The SMILES string of the molecule is COc1cc(OC)cc(-c2noc(-c3cn(-c4cccc(C)c4)c(=O)c4ccccc34)n2)c1. The molecule has 7 nitrogen and oxygen atoms in total. The summed E-state index contributed by atoms with van der Waals surface area (Å²) in [6, 6.07) is 20.6. The van der Waals surface area contributed by atoms with E-state index in [1.165, 1.54) is 0 Å². The van der Waals surface area contributed by atoms with Crippen LogP contribution in [-0.2, 0) is 0 Å². The molecule has 33 heavy (non-hydrogen) atoms. The van der Waals surface area contributed by atoms with E-state index < -0.39 is 0 Å². The van der Waals surface area contributed by atoms with Gasteiger partial charge in [-0.3, -0.25) is 9.36 Å². The molecule has 0 bridgehead atoms. The summed E-state index contributed by atoms with van der Waals surface area (Å²) in [5.41, 5.74) is 3.07. The molecule has 0 fully saturated rings. The molecule has 2 heterocycles. The van der Waals surface area contributed by atoms with Gasteiger partial charge in [0.2, 0.25) is 5.82 Å². The van der Waals surface area contributed by atoms with Crippen LogP contribution in [0.25, 0.3) is 39.3 Å². The second-order valence-corrected chi connectivity index (χ2v) is 7.63. The lowest BCUT2D eigenvalue weighted by molar-refractivity contribution is 0.394. The first-order valence-electron chi connectivity index (χ1n) is 10.4. The molecule has 0 amide bonds. The number of hydrogen-bond acceptors (Lipinski definition) is 6. The van der Waals surface area contributed by atoms with Gasteiger partial charge in [0.05, 0.1) is 19.8 Å². The normalized spacial score (nSPS) is 11.0. The molecule has 3 aromatic carbocycles. The summed E-state index contributed by atoms with van der Waals surface area (Å²) in [6.45, 7) is 1.99. The average molecular weight is 439 g/mol. The van der Waals surface area contributed by atoms with Gasteiger partial charge < -0.3 is 14.0 Å². The Labute approximate surface area is 189 Å². The number of pyridine rings is 1. The number of fused-ring (bicyclic) bond motifs is 1. The smallest absolute Gasteiger partial charge is 0.262 e. The fourth-order valence-corrected chi connectivity index (χ4v) is 3.82.